The fraction of sp³-hybridized carbons (Fsp3) is 0.136. The molecular formula is C22H19NO6. The molecule has 7 heteroatoms. The Hall–Kier alpha value is -3.87. The van der Waals surface area contributed by atoms with Crippen LogP contribution in [0.3, 0.4) is 0 Å². The van der Waals surface area contributed by atoms with Gasteiger partial charge in [0, 0.05) is 11.8 Å². The summed E-state index contributed by atoms with van der Waals surface area (Å²) in [6, 6.07) is 12.9. The van der Waals surface area contributed by atoms with Gasteiger partial charge in [-0.25, -0.2) is 9.59 Å². The summed E-state index contributed by atoms with van der Waals surface area (Å²) in [4.78, 5) is 38.1. The monoisotopic (exact) mass is 393 g/mol. The van der Waals surface area contributed by atoms with E-state index >= 15 is 0 Å². The second-order valence-electron chi connectivity index (χ2n) is 6.28. The van der Waals surface area contributed by atoms with Gasteiger partial charge in [-0.15, -0.1) is 0 Å². The largest absolute Gasteiger partial charge is 0.497 e. The van der Waals surface area contributed by atoms with Crippen molar-refractivity contribution in [3.8, 4) is 5.75 Å². The maximum atomic E-state index is 13.2. The van der Waals surface area contributed by atoms with Crippen LogP contribution in [-0.2, 0) is 14.3 Å². The number of allylic oxidation sites excluding steroid dienone is 1. The van der Waals surface area contributed by atoms with E-state index in [9.17, 15) is 14.4 Å². The highest BCUT2D eigenvalue weighted by molar-refractivity contribution is 6.23. The van der Waals surface area contributed by atoms with Gasteiger partial charge in [-0.3, -0.25) is 9.69 Å². The molecule has 7 nitrogen and oxygen atoms in total. The smallest absolute Gasteiger partial charge is 0.340 e. The lowest BCUT2D eigenvalue weighted by atomic mass is 10.0. The molecule has 2 aromatic carbocycles. The zero-order valence-corrected chi connectivity index (χ0v) is 16.1. The first-order valence-corrected chi connectivity index (χ1v) is 8.70. The molecule has 1 aliphatic heterocycles. The van der Waals surface area contributed by atoms with Crippen molar-refractivity contribution in [3.63, 3.8) is 0 Å². The standard InChI is InChI=1S/C22H19NO6/c1-13-19(22(27)29-3)18(11-14-7-9-15(10-8-14)21(25)26)20(24)23(13)16-5-4-6-17(12-16)28-2/h4-12H,1-3H3,(H,25,26)/b18-11-. The van der Waals surface area contributed by atoms with E-state index in [1.54, 1.807) is 49.4 Å². The van der Waals surface area contributed by atoms with Crippen LogP contribution in [0.15, 0.2) is 65.4 Å². The van der Waals surface area contributed by atoms with Gasteiger partial charge in [0.15, 0.2) is 0 Å². The van der Waals surface area contributed by atoms with Crippen LogP contribution >= 0.6 is 0 Å². The summed E-state index contributed by atoms with van der Waals surface area (Å²) in [6.07, 6.45) is 1.55. The number of hydrogen-bond acceptors (Lipinski definition) is 5. The van der Waals surface area contributed by atoms with Crippen molar-refractivity contribution in [2.75, 3.05) is 19.1 Å². The number of ether oxygens (including phenoxy) is 2. The van der Waals surface area contributed by atoms with Crippen LogP contribution in [0.5, 0.6) is 5.75 Å². The topological polar surface area (TPSA) is 93.1 Å². The van der Waals surface area contributed by atoms with Gasteiger partial charge in [0.1, 0.15) is 5.75 Å². The van der Waals surface area contributed by atoms with E-state index < -0.39 is 17.8 Å². The molecule has 2 aromatic rings. The minimum Gasteiger partial charge on any atom is -0.497 e. The Labute approximate surface area is 167 Å². The number of anilines is 1. The number of methoxy groups -OCH3 is 2. The zero-order chi connectivity index (χ0) is 21.1. The van der Waals surface area contributed by atoms with Crippen molar-refractivity contribution in [2.45, 2.75) is 6.92 Å². The summed E-state index contributed by atoms with van der Waals surface area (Å²) < 4.78 is 10.1. The van der Waals surface area contributed by atoms with E-state index in [0.717, 1.165) is 0 Å². The van der Waals surface area contributed by atoms with Gasteiger partial charge < -0.3 is 14.6 Å². The molecule has 0 saturated carbocycles. The third kappa shape index (κ3) is 3.75. The highest BCUT2D eigenvalue weighted by Gasteiger charge is 2.38. The Balaban J connectivity index is 2.09. The van der Waals surface area contributed by atoms with Crippen LogP contribution in [0.25, 0.3) is 6.08 Å². The molecule has 0 aromatic heterocycles. The van der Waals surface area contributed by atoms with Crippen molar-refractivity contribution < 1.29 is 29.0 Å². The third-order valence-electron chi connectivity index (χ3n) is 4.57. The average molecular weight is 393 g/mol. The normalized spacial score (nSPS) is 15.1. The van der Waals surface area contributed by atoms with Gasteiger partial charge in [-0.1, -0.05) is 18.2 Å². The maximum absolute atomic E-state index is 13.2. The van der Waals surface area contributed by atoms with E-state index in [1.807, 2.05) is 0 Å². The van der Waals surface area contributed by atoms with Gasteiger partial charge in [0.25, 0.3) is 5.91 Å². The molecule has 148 valence electrons. The zero-order valence-electron chi connectivity index (χ0n) is 16.1. The molecule has 1 amide bonds. The molecule has 0 saturated heterocycles. The molecule has 0 unspecified atom stereocenters. The minimum absolute atomic E-state index is 0.128. The predicted octanol–water partition coefficient (Wildman–Crippen LogP) is 3.27. The number of amides is 1. The summed E-state index contributed by atoms with van der Waals surface area (Å²) >= 11 is 0. The highest BCUT2D eigenvalue weighted by atomic mass is 16.5. The van der Waals surface area contributed by atoms with Crippen LogP contribution in [0.1, 0.15) is 22.8 Å². The molecule has 0 atom stereocenters. The quantitative estimate of drug-likeness (QED) is 0.619. The number of nitrogens with zero attached hydrogens (tertiary/aromatic N) is 1. The minimum atomic E-state index is -1.05. The van der Waals surface area contributed by atoms with E-state index in [2.05, 4.69) is 0 Å². The lowest BCUT2D eigenvalue weighted by Crippen LogP contribution is -2.24. The molecule has 0 bridgehead atoms. The summed E-state index contributed by atoms with van der Waals surface area (Å²) in [7, 11) is 2.78. The number of benzene rings is 2. The van der Waals surface area contributed by atoms with E-state index in [1.165, 1.54) is 31.3 Å². The Kier molecular flexibility index (Phi) is 5.50. The van der Waals surface area contributed by atoms with Crippen LogP contribution in [0.2, 0.25) is 0 Å². The lowest BCUT2D eigenvalue weighted by molar-refractivity contribution is -0.136. The molecule has 1 heterocycles. The van der Waals surface area contributed by atoms with Crippen LogP contribution in [-0.4, -0.2) is 37.2 Å². The van der Waals surface area contributed by atoms with E-state index in [4.69, 9.17) is 14.6 Å². The van der Waals surface area contributed by atoms with Crippen molar-refractivity contribution >= 4 is 29.6 Å². The van der Waals surface area contributed by atoms with Crippen molar-refractivity contribution in [1.82, 2.24) is 0 Å². The van der Waals surface area contributed by atoms with Gasteiger partial charge >= 0.3 is 11.9 Å². The van der Waals surface area contributed by atoms with Gasteiger partial charge in [-0.2, -0.15) is 0 Å². The van der Waals surface area contributed by atoms with Gasteiger partial charge in [-0.05, 0) is 42.8 Å². The lowest BCUT2D eigenvalue weighted by Gasteiger charge is -2.18. The molecule has 29 heavy (non-hydrogen) atoms. The molecule has 0 fully saturated rings. The molecule has 1 aliphatic rings. The number of carboxylic acids is 1. The number of hydrogen-bond donors (Lipinski definition) is 1. The van der Waals surface area contributed by atoms with Crippen LogP contribution in [0, 0.1) is 0 Å². The SMILES string of the molecule is COC(=O)C1=C(C)N(c2cccc(OC)c2)C(=O)/C1=C\c1ccc(C(=O)O)cc1. The predicted molar refractivity (Wildman–Crippen MR) is 107 cm³/mol. The van der Waals surface area contributed by atoms with Gasteiger partial charge in [0.05, 0.1) is 36.6 Å². The number of aromatic carboxylic acids is 1. The molecule has 1 N–H and O–H groups in total. The Bertz CT molecular complexity index is 1050. The number of carboxylic acid groups (broad SMARTS) is 1. The molecule has 0 radical (unpaired) electrons. The second-order valence-corrected chi connectivity index (χ2v) is 6.28. The van der Waals surface area contributed by atoms with Gasteiger partial charge in [0.2, 0.25) is 0 Å². The first kappa shape index (κ1) is 19.9. The Morgan fingerprint density at radius 1 is 1.07 bits per heavy atom. The summed E-state index contributed by atoms with van der Waals surface area (Å²) in [5.41, 5.74) is 2.02. The van der Waals surface area contributed by atoms with Crippen LogP contribution in [0.4, 0.5) is 5.69 Å². The molecule has 0 spiro atoms. The number of esters is 1. The number of carbonyl (C=O) groups is 3. The second kappa shape index (κ2) is 8.02. The highest BCUT2D eigenvalue weighted by Crippen LogP contribution is 2.36. The van der Waals surface area contributed by atoms with Crippen molar-refractivity contribution in [3.05, 3.63) is 76.5 Å². The van der Waals surface area contributed by atoms with Crippen molar-refractivity contribution in [2.24, 2.45) is 0 Å². The molecular weight excluding hydrogens is 374 g/mol. The fourth-order valence-electron chi connectivity index (χ4n) is 3.13. The third-order valence-corrected chi connectivity index (χ3v) is 4.57. The Morgan fingerprint density at radius 3 is 2.34 bits per heavy atom. The maximum Gasteiger partial charge on any atom is 0.340 e. The van der Waals surface area contributed by atoms with E-state index in [0.29, 0.717) is 22.7 Å². The molecule has 0 aliphatic carbocycles. The molecule has 3 rings (SSSR count). The summed E-state index contributed by atoms with van der Waals surface area (Å²) in [6.45, 7) is 1.66. The average Bonchev–Trinajstić information content (AvgIpc) is 2.97. The summed E-state index contributed by atoms with van der Waals surface area (Å²) in [5.74, 6) is -1.49. The number of rotatable bonds is 5. The fourth-order valence-corrected chi connectivity index (χ4v) is 3.13. The first-order chi connectivity index (χ1) is 13.9. The first-order valence-electron chi connectivity index (χ1n) is 8.70. The van der Waals surface area contributed by atoms with Crippen LogP contribution < -0.4 is 9.64 Å². The van der Waals surface area contributed by atoms with E-state index in [-0.39, 0.29) is 16.7 Å². The number of carbonyl (C=O) groups excluding carboxylic acids is 2. The van der Waals surface area contributed by atoms with Crippen molar-refractivity contribution in [1.29, 1.82) is 0 Å². The Morgan fingerprint density at radius 2 is 1.76 bits per heavy atom. The summed E-state index contributed by atoms with van der Waals surface area (Å²) in [5, 5.41) is 9.03.